The van der Waals surface area contributed by atoms with Crippen LogP contribution in [0.4, 0.5) is 0 Å². The second-order valence-corrected chi connectivity index (χ2v) is 28.0. The van der Waals surface area contributed by atoms with Crippen LogP contribution < -0.4 is 92.1 Å². The lowest BCUT2D eigenvalue weighted by Crippen LogP contribution is -2.62. The standard InChI is InChI=1S/C69H108N22O19S/c1-9-36(8)56(91-66(107)55(35(6)7)89-61(102)42(11-10-22-77-69(73)74)82-64(105)49(30-111)81-52(95)29-78-58(99)46(24-37-12-14-40(92)15-13-37)85-57(98)41(70)16-19-50(71)93)67(108)84-43(17-20-51(72)94)59(100)86-47(25-38-27-75-31-79-38)63(104)90-54(34(4)5)65(106)87-45(23-33(2)3)62(103)83-44(18-21-53(96)97)60(101)88-48(68(109)110)26-39-28-76-32-80-39/h12-15,27-28,31-36,41-49,54-56,92,111H,9-11,16-26,29-30,70H2,1-8H3,(H2,71,93)(H2,72,94)(H,75,79)(H,76,80)(H,78,99)(H,81,95)(H,82,105)(H,83,103)(H,84,108)(H,85,98)(H,86,100)(H,87,106)(H,88,101)(H,89,102)(H,90,104)(H,91,107)(H,96,97)(H,109,110)(H4,73,74,77)/t36-,41-,42-,43-,44-,45-,46-,47-,48-,49-,54-,55-,56-/m0/s1. The highest BCUT2D eigenvalue weighted by atomic mass is 32.1. The molecule has 41 nitrogen and oxygen atoms in total. The van der Waals surface area contributed by atoms with Crippen LogP contribution in [0.1, 0.15) is 137 Å². The fraction of sp³-hybridized carbons (Fsp3) is 0.580. The number of carboxylic acids is 2. The number of guanidine groups is 1. The van der Waals surface area contributed by atoms with Crippen LogP contribution in [0.5, 0.6) is 5.75 Å². The van der Waals surface area contributed by atoms with Gasteiger partial charge in [-0.05, 0) is 79.9 Å². The number of thiol groups is 1. The number of carbonyl (C=O) groups is 16. The van der Waals surface area contributed by atoms with Gasteiger partial charge >= 0.3 is 11.9 Å². The number of nitrogens with two attached hydrogens (primary N) is 4. The summed E-state index contributed by atoms with van der Waals surface area (Å²) in [5, 5.41) is 69.7. The van der Waals surface area contributed by atoms with Gasteiger partial charge in [-0.1, -0.05) is 73.9 Å². The number of hydrogen-bond acceptors (Lipinski definition) is 22. The van der Waals surface area contributed by atoms with Gasteiger partial charge in [0.1, 0.15) is 72.2 Å². The third-order valence-corrected chi connectivity index (χ3v) is 17.7. The number of nitrogens with one attached hydrogen (secondary N) is 16. The third-order valence-electron chi connectivity index (χ3n) is 17.3. The van der Waals surface area contributed by atoms with Gasteiger partial charge in [0.15, 0.2) is 5.96 Å². The fourth-order valence-corrected chi connectivity index (χ4v) is 11.1. The molecule has 0 aliphatic carbocycles. The first-order valence-electron chi connectivity index (χ1n) is 36.0. The zero-order chi connectivity index (χ0) is 83.4. The zero-order valence-corrected chi connectivity index (χ0v) is 64.1. The molecule has 27 N–H and O–H groups in total. The summed E-state index contributed by atoms with van der Waals surface area (Å²) in [7, 11) is 0. The molecular weight excluding hydrogens is 1470 g/mol. The predicted octanol–water partition coefficient (Wildman–Crippen LogP) is -5.28. The summed E-state index contributed by atoms with van der Waals surface area (Å²) in [4.78, 5) is 230. The van der Waals surface area contributed by atoms with E-state index in [9.17, 15) is 92.0 Å². The van der Waals surface area contributed by atoms with Gasteiger partial charge < -0.3 is 117 Å². The molecule has 0 fully saturated rings. The van der Waals surface area contributed by atoms with Crippen LogP contribution in [0, 0.1) is 29.1 Å². The van der Waals surface area contributed by atoms with E-state index in [0.29, 0.717) is 5.56 Å². The van der Waals surface area contributed by atoms with Crippen LogP contribution in [-0.4, -0.2) is 227 Å². The predicted molar refractivity (Wildman–Crippen MR) is 402 cm³/mol. The normalized spacial score (nSPS) is 14.7. The molecule has 14 amide bonds. The Hall–Kier alpha value is -11.5. The second kappa shape index (κ2) is 47.5. The van der Waals surface area contributed by atoms with Gasteiger partial charge in [-0.25, -0.2) is 14.8 Å². The number of amides is 14. The number of aromatic amines is 2. The number of aromatic hydroxyl groups is 1. The molecular formula is C69H108N22O19S. The largest absolute Gasteiger partial charge is 0.508 e. The van der Waals surface area contributed by atoms with Crippen LogP contribution in [0.25, 0.3) is 0 Å². The van der Waals surface area contributed by atoms with Crippen molar-refractivity contribution in [2.45, 2.75) is 211 Å². The first-order chi connectivity index (χ1) is 52.2. The van der Waals surface area contributed by atoms with E-state index in [4.69, 9.17) is 28.3 Å². The highest BCUT2D eigenvalue weighted by Gasteiger charge is 2.39. The number of hydrogen-bond donors (Lipinski definition) is 24. The lowest BCUT2D eigenvalue weighted by molar-refractivity contribution is -0.143. The molecule has 0 unspecified atom stereocenters. The molecule has 0 aliphatic heterocycles. The highest BCUT2D eigenvalue weighted by Crippen LogP contribution is 2.17. The van der Waals surface area contributed by atoms with Gasteiger partial charge in [0.25, 0.3) is 0 Å². The van der Waals surface area contributed by atoms with E-state index >= 15 is 0 Å². The maximum Gasteiger partial charge on any atom is 0.326 e. The van der Waals surface area contributed by atoms with Crippen LogP contribution in [0.2, 0.25) is 0 Å². The van der Waals surface area contributed by atoms with E-state index in [-0.39, 0.29) is 93.1 Å². The highest BCUT2D eigenvalue weighted by molar-refractivity contribution is 7.80. The van der Waals surface area contributed by atoms with Crippen molar-refractivity contribution in [1.29, 1.82) is 5.41 Å². The van der Waals surface area contributed by atoms with E-state index < -0.39 is 223 Å². The molecule has 614 valence electrons. The number of primary amides is 2. The van der Waals surface area contributed by atoms with E-state index in [0.717, 1.165) is 0 Å². The molecule has 0 saturated carbocycles. The van der Waals surface area contributed by atoms with E-state index in [1.54, 1.807) is 55.4 Å². The Bertz CT molecular complexity index is 3660. The molecule has 3 rings (SSSR count). The maximum atomic E-state index is 14.7. The summed E-state index contributed by atoms with van der Waals surface area (Å²) in [6, 6.07) is -12.2. The third kappa shape index (κ3) is 34.3. The summed E-state index contributed by atoms with van der Waals surface area (Å²) in [6.07, 6.45) is 2.15. The molecule has 13 atom stereocenters. The first kappa shape index (κ1) is 93.7. The maximum absolute atomic E-state index is 14.7. The molecule has 111 heavy (non-hydrogen) atoms. The second-order valence-electron chi connectivity index (χ2n) is 27.7. The molecule has 42 heteroatoms. The minimum atomic E-state index is -1.68. The van der Waals surface area contributed by atoms with Crippen molar-refractivity contribution in [3.05, 3.63) is 66.3 Å². The van der Waals surface area contributed by atoms with E-state index in [1.807, 2.05) is 0 Å². The fourth-order valence-electron chi connectivity index (χ4n) is 10.9. The monoisotopic (exact) mass is 1580 g/mol. The van der Waals surface area contributed by atoms with Crippen LogP contribution in [-0.2, 0) is 96.0 Å². The molecule has 0 aliphatic rings. The Morgan fingerprint density at radius 1 is 0.486 bits per heavy atom. The number of aromatic nitrogens is 4. The topological polar surface area (TPSA) is 675 Å². The number of aliphatic carboxylic acids is 2. The molecule has 3 aromatic rings. The zero-order valence-electron chi connectivity index (χ0n) is 63.2. The van der Waals surface area contributed by atoms with Crippen LogP contribution in [0.15, 0.2) is 49.3 Å². The number of phenols is 1. The Morgan fingerprint density at radius 3 is 1.40 bits per heavy atom. The summed E-state index contributed by atoms with van der Waals surface area (Å²) in [5.74, 6) is -19.3. The van der Waals surface area contributed by atoms with Crippen molar-refractivity contribution in [2.24, 2.45) is 46.6 Å². The quantitative estimate of drug-likeness (QED) is 0.0109. The number of carboxylic acid groups (broad SMARTS) is 2. The molecule has 1 aromatic carbocycles. The van der Waals surface area contributed by atoms with Gasteiger partial charge in [-0.3, -0.25) is 77.3 Å². The minimum absolute atomic E-state index is 0.0235. The van der Waals surface area contributed by atoms with Crippen LogP contribution >= 0.6 is 12.6 Å². The Morgan fingerprint density at radius 2 is 0.910 bits per heavy atom. The average molecular weight is 1580 g/mol. The van der Waals surface area contributed by atoms with Crippen molar-refractivity contribution in [3.63, 3.8) is 0 Å². The van der Waals surface area contributed by atoms with Gasteiger partial charge in [-0.15, -0.1) is 0 Å². The number of imidazole rings is 2. The number of rotatable bonds is 51. The lowest BCUT2D eigenvalue weighted by Gasteiger charge is -2.31. The molecule has 2 heterocycles. The summed E-state index contributed by atoms with van der Waals surface area (Å²) >= 11 is 4.24. The van der Waals surface area contributed by atoms with Gasteiger partial charge in [0, 0.05) is 63.2 Å². The van der Waals surface area contributed by atoms with Crippen molar-refractivity contribution in [3.8, 4) is 5.75 Å². The van der Waals surface area contributed by atoms with E-state index in [2.05, 4.69) is 102 Å². The molecule has 2 aromatic heterocycles. The first-order valence-corrected chi connectivity index (χ1v) is 36.7. The van der Waals surface area contributed by atoms with Crippen molar-refractivity contribution in [1.82, 2.24) is 89.1 Å². The Balaban J connectivity index is 1.88. The number of benzene rings is 1. The minimum Gasteiger partial charge on any atom is -0.508 e. The van der Waals surface area contributed by atoms with Gasteiger partial charge in [0.05, 0.1) is 36.6 Å². The van der Waals surface area contributed by atoms with Crippen molar-refractivity contribution >= 4 is 113 Å². The Kier molecular flexibility index (Phi) is 40.1. The SMILES string of the molecule is CC[C@H](C)[C@H](NC(=O)[C@@H](NC(=O)[C@H](CCCNC(=N)N)NC(=O)[C@H](CS)NC(=O)CNC(=O)[C@H](Cc1ccc(O)cc1)NC(=O)[C@@H](N)CCC(N)=O)C(C)C)C(=O)N[C@@H](CCC(N)=O)C(=O)N[C@@H](Cc1c[nH]cn1)C(=O)N[C@H](C(=O)N[C@@H](CC(C)C)C(=O)N[C@@H](CCC(=O)O)C(=O)N[C@@H](Cc1c[nH]cn1)C(=O)O)C(C)C. The molecule has 0 bridgehead atoms. The number of carbonyl (C=O) groups excluding carboxylic acids is 14. The Labute approximate surface area is 646 Å². The average Bonchev–Trinajstić information content (AvgIpc) is 0.999. The number of H-pyrrole nitrogens is 2. The molecule has 0 radical (unpaired) electrons. The van der Waals surface area contributed by atoms with Gasteiger partial charge in [-0.2, -0.15) is 12.6 Å². The van der Waals surface area contributed by atoms with Crippen molar-refractivity contribution in [2.75, 3.05) is 18.8 Å². The number of nitrogens with zero attached hydrogens (tertiary/aromatic N) is 2. The lowest BCUT2D eigenvalue weighted by atomic mass is 9.95. The molecule has 0 saturated heterocycles. The number of phenolic OH excluding ortho intramolecular Hbond substituents is 1. The van der Waals surface area contributed by atoms with Gasteiger partial charge in [0.2, 0.25) is 82.7 Å². The van der Waals surface area contributed by atoms with E-state index in [1.165, 1.54) is 49.3 Å². The molecule has 0 spiro atoms. The summed E-state index contributed by atoms with van der Waals surface area (Å²) in [5.41, 5.74) is 23.1. The summed E-state index contributed by atoms with van der Waals surface area (Å²) in [6.45, 7) is 12.2. The van der Waals surface area contributed by atoms with Crippen molar-refractivity contribution < 1.29 is 92.0 Å². The summed E-state index contributed by atoms with van der Waals surface area (Å²) < 4.78 is 0. The smallest absolute Gasteiger partial charge is 0.326 e. The van der Waals surface area contributed by atoms with Crippen LogP contribution in [0.3, 0.4) is 0 Å².